The molecule has 0 aliphatic carbocycles. The summed E-state index contributed by atoms with van der Waals surface area (Å²) in [6.45, 7) is 3.25. The van der Waals surface area contributed by atoms with E-state index in [0.29, 0.717) is 16.9 Å². The summed E-state index contributed by atoms with van der Waals surface area (Å²) in [5.41, 5.74) is 1.99. The molecule has 0 saturated carbocycles. The monoisotopic (exact) mass is 435 g/mol. The lowest BCUT2D eigenvalue weighted by Gasteiger charge is -2.14. The van der Waals surface area contributed by atoms with Gasteiger partial charge in [-0.2, -0.15) is 9.90 Å². The molecule has 1 atom stereocenters. The summed E-state index contributed by atoms with van der Waals surface area (Å²) in [4.78, 5) is 25.9. The minimum Gasteiger partial charge on any atom is -0.475 e. The Labute approximate surface area is 181 Å². The summed E-state index contributed by atoms with van der Waals surface area (Å²) in [7, 11) is 0. The summed E-state index contributed by atoms with van der Waals surface area (Å²) in [6.07, 6.45) is 0. The van der Waals surface area contributed by atoms with Crippen LogP contribution in [0.4, 0.5) is 4.39 Å². The maximum atomic E-state index is 13.3. The number of rotatable bonds is 6. The zero-order valence-electron chi connectivity index (χ0n) is 17.1. The van der Waals surface area contributed by atoms with Crippen LogP contribution in [0.25, 0.3) is 16.9 Å². The number of carbonyl (C=O) groups is 2. The second-order valence-electron chi connectivity index (χ2n) is 7.04. The van der Waals surface area contributed by atoms with E-state index in [1.165, 1.54) is 29.1 Å². The predicted octanol–water partition coefficient (Wildman–Crippen LogP) is 3.56. The van der Waals surface area contributed by atoms with Gasteiger partial charge in [0.05, 0.1) is 23.0 Å². The van der Waals surface area contributed by atoms with Crippen molar-refractivity contribution in [3.05, 3.63) is 83.1 Å². The molecule has 0 fully saturated rings. The van der Waals surface area contributed by atoms with Gasteiger partial charge in [-0.3, -0.25) is 4.79 Å². The summed E-state index contributed by atoms with van der Waals surface area (Å²) in [5, 5.41) is 24.6. The molecule has 0 spiro atoms. The van der Waals surface area contributed by atoms with E-state index in [-0.39, 0.29) is 17.0 Å². The van der Waals surface area contributed by atoms with Crippen LogP contribution in [-0.4, -0.2) is 37.1 Å². The number of aryl methyl sites for hydroxylation is 1. The van der Waals surface area contributed by atoms with Crippen molar-refractivity contribution in [3.63, 3.8) is 0 Å². The summed E-state index contributed by atoms with van der Waals surface area (Å²) in [6, 6.07) is 13.7. The third-order valence-electron chi connectivity index (χ3n) is 4.80. The highest BCUT2D eigenvalue weighted by atomic mass is 19.1. The van der Waals surface area contributed by atoms with Crippen LogP contribution in [0.3, 0.4) is 0 Å². The maximum Gasteiger partial charge on any atom is 0.375 e. The Kier molecular flexibility index (Phi) is 5.50. The fourth-order valence-corrected chi connectivity index (χ4v) is 3.27. The lowest BCUT2D eigenvalue weighted by atomic mass is 10.0. The van der Waals surface area contributed by atoms with Gasteiger partial charge in [-0.05, 0) is 50.2 Å². The fraction of sp³-hybridized carbons (Fsp3) is 0.136. The van der Waals surface area contributed by atoms with E-state index < -0.39 is 29.5 Å². The molecule has 4 aromatic rings. The molecule has 162 valence electrons. The average Bonchev–Trinajstić information content (AvgIpc) is 3.39. The number of aromatic nitrogens is 4. The number of carbonyl (C=O) groups excluding carboxylic acids is 1. The van der Waals surface area contributed by atoms with E-state index >= 15 is 0 Å². The Bertz CT molecular complexity index is 1280. The molecule has 10 heteroatoms. The van der Waals surface area contributed by atoms with E-state index in [0.717, 1.165) is 0 Å². The topological polar surface area (TPSA) is 123 Å². The molecule has 0 radical (unpaired) electrons. The number of halogens is 1. The number of nitrogens with one attached hydrogen (secondary N) is 1. The molecule has 2 heterocycles. The Morgan fingerprint density at radius 1 is 1.09 bits per heavy atom. The first-order valence-corrected chi connectivity index (χ1v) is 9.64. The van der Waals surface area contributed by atoms with Gasteiger partial charge >= 0.3 is 5.97 Å². The second-order valence-corrected chi connectivity index (χ2v) is 7.04. The van der Waals surface area contributed by atoms with E-state index in [2.05, 4.69) is 20.7 Å². The van der Waals surface area contributed by atoms with Crippen molar-refractivity contribution in [2.45, 2.75) is 19.9 Å². The van der Waals surface area contributed by atoms with Crippen molar-refractivity contribution < 1.29 is 23.6 Å². The van der Waals surface area contributed by atoms with Crippen LogP contribution < -0.4 is 5.32 Å². The van der Waals surface area contributed by atoms with E-state index in [4.69, 9.17) is 4.52 Å². The van der Waals surface area contributed by atoms with Crippen molar-refractivity contribution in [2.75, 3.05) is 0 Å². The first-order valence-electron chi connectivity index (χ1n) is 9.64. The number of nitrogens with zero attached hydrogens (tertiary/aromatic N) is 4. The highest BCUT2D eigenvalue weighted by Gasteiger charge is 2.29. The normalized spacial score (nSPS) is 11.8. The van der Waals surface area contributed by atoms with Crippen molar-refractivity contribution in [2.24, 2.45) is 0 Å². The van der Waals surface area contributed by atoms with E-state index in [1.54, 1.807) is 26.0 Å². The average molecular weight is 435 g/mol. The van der Waals surface area contributed by atoms with Gasteiger partial charge in [0.2, 0.25) is 5.76 Å². The van der Waals surface area contributed by atoms with Crippen molar-refractivity contribution >= 4 is 11.9 Å². The Hall–Kier alpha value is -4.34. The Morgan fingerprint density at radius 2 is 1.78 bits per heavy atom. The third-order valence-corrected chi connectivity index (χ3v) is 4.80. The van der Waals surface area contributed by atoms with E-state index in [1.807, 2.05) is 18.2 Å². The molecule has 1 amide bonds. The van der Waals surface area contributed by atoms with Crippen LogP contribution >= 0.6 is 0 Å². The molecule has 2 N–H and O–H groups in total. The molecule has 2 aromatic heterocycles. The van der Waals surface area contributed by atoms with Gasteiger partial charge in [-0.25, -0.2) is 9.18 Å². The van der Waals surface area contributed by atoms with Gasteiger partial charge in [0, 0.05) is 5.56 Å². The zero-order chi connectivity index (χ0) is 22.8. The van der Waals surface area contributed by atoms with Crippen LogP contribution in [0.15, 0.2) is 59.1 Å². The minimum absolute atomic E-state index is 0.0948. The number of aromatic carboxylic acids is 1. The van der Waals surface area contributed by atoms with Gasteiger partial charge in [0.15, 0.2) is 5.69 Å². The lowest BCUT2D eigenvalue weighted by molar-refractivity contribution is 0.0648. The van der Waals surface area contributed by atoms with Gasteiger partial charge in [-0.15, -0.1) is 5.10 Å². The number of benzene rings is 2. The molecule has 0 saturated heterocycles. The number of para-hydroxylation sites is 1. The first-order chi connectivity index (χ1) is 15.3. The molecule has 0 unspecified atom stereocenters. The molecule has 4 rings (SSSR count). The highest BCUT2D eigenvalue weighted by molar-refractivity contribution is 5.94. The molecule has 2 aromatic carbocycles. The largest absolute Gasteiger partial charge is 0.475 e. The Morgan fingerprint density at radius 3 is 2.44 bits per heavy atom. The molecular formula is C22H18FN5O4. The maximum absolute atomic E-state index is 13.3. The number of amides is 1. The number of carboxylic acid groups (broad SMARTS) is 1. The van der Waals surface area contributed by atoms with Crippen LogP contribution in [0.2, 0.25) is 0 Å². The van der Waals surface area contributed by atoms with E-state index in [9.17, 15) is 19.1 Å². The number of hydrogen-bond acceptors (Lipinski definition) is 6. The van der Waals surface area contributed by atoms with Crippen molar-refractivity contribution in [1.82, 2.24) is 25.5 Å². The second kappa shape index (κ2) is 8.42. The molecule has 9 nitrogen and oxygen atoms in total. The lowest BCUT2D eigenvalue weighted by Crippen LogP contribution is -2.28. The summed E-state index contributed by atoms with van der Waals surface area (Å²) >= 11 is 0. The summed E-state index contributed by atoms with van der Waals surface area (Å²) in [5.74, 6) is -2.75. The molecule has 0 aliphatic heterocycles. The highest BCUT2D eigenvalue weighted by Crippen LogP contribution is 2.31. The molecule has 32 heavy (non-hydrogen) atoms. The fourth-order valence-electron chi connectivity index (χ4n) is 3.27. The van der Waals surface area contributed by atoms with Crippen LogP contribution in [0, 0.1) is 12.7 Å². The van der Waals surface area contributed by atoms with Gasteiger partial charge in [-0.1, -0.05) is 23.4 Å². The van der Waals surface area contributed by atoms with Gasteiger partial charge in [0.1, 0.15) is 11.5 Å². The minimum atomic E-state index is -1.34. The van der Waals surface area contributed by atoms with Crippen molar-refractivity contribution in [1.29, 1.82) is 0 Å². The molecular weight excluding hydrogens is 417 g/mol. The number of hydrogen-bond donors (Lipinski definition) is 2. The van der Waals surface area contributed by atoms with Gasteiger partial charge in [0.25, 0.3) is 5.91 Å². The smallest absolute Gasteiger partial charge is 0.375 e. The van der Waals surface area contributed by atoms with Crippen LogP contribution in [-0.2, 0) is 0 Å². The van der Waals surface area contributed by atoms with Crippen LogP contribution in [0.5, 0.6) is 0 Å². The SMILES string of the molecule is Cc1nn(-c2ccccc2)nc1C(=O)N[C@H](C)c1c(-c2ccc(F)cc2)noc1C(=O)O. The zero-order valence-corrected chi connectivity index (χ0v) is 17.1. The third kappa shape index (κ3) is 3.97. The molecule has 0 bridgehead atoms. The quantitative estimate of drug-likeness (QED) is 0.475. The van der Waals surface area contributed by atoms with Gasteiger partial charge < -0.3 is 14.9 Å². The Balaban J connectivity index is 1.64. The molecule has 0 aliphatic rings. The predicted molar refractivity (Wildman–Crippen MR) is 111 cm³/mol. The summed E-state index contributed by atoms with van der Waals surface area (Å²) < 4.78 is 18.3. The van der Waals surface area contributed by atoms with Crippen molar-refractivity contribution in [3.8, 4) is 16.9 Å². The first kappa shape index (κ1) is 20.9. The standard InChI is InChI=1S/C22H18FN5O4/c1-12(17-19(27-32-20(17)22(30)31)14-8-10-15(23)11-9-14)24-21(29)18-13(2)25-28(26-18)16-6-4-3-5-7-16/h3-12H,1-2H3,(H,24,29)(H,30,31)/t12-/m1/s1. The van der Waals surface area contributed by atoms with Crippen LogP contribution in [0.1, 0.15) is 45.3 Å². The number of carboxylic acids is 1.